The summed E-state index contributed by atoms with van der Waals surface area (Å²) in [6, 6.07) is 7.26. The van der Waals surface area contributed by atoms with Gasteiger partial charge in [0.15, 0.2) is 0 Å². The van der Waals surface area contributed by atoms with E-state index in [0.717, 1.165) is 11.6 Å². The van der Waals surface area contributed by atoms with Crippen LogP contribution in [-0.2, 0) is 4.79 Å². The summed E-state index contributed by atoms with van der Waals surface area (Å²) in [5, 5.41) is 10.9. The van der Waals surface area contributed by atoms with Gasteiger partial charge < -0.3 is 9.90 Å². The van der Waals surface area contributed by atoms with E-state index in [1.807, 2.05) is 18.2 Å². The molecule has 0 radical (unpaired) electrons. The summed E-state index contributed by atoms with van der Waals surface area (Å²) >= 11 is 5.72. The van der Waals surface area contributed by atoms with E-state index in [0.29, 0.717) is 10.6 Å². The fourth-order valence-corrected chi connectivity index (χ4v) is 1.16. The fraction of sp³-hybridized carbons (Fsp3) is 0.0833. The van der Waals surface area contributed by atoms with E-state index < -0.39 is 5.97 Å². The molecule has 3 heteroatoms. The predicted molar refractivity (Wildman–Crippen MR) is 59.3 cm³/mol. The average molecular weight is 222 g/mol. The van der Waals surface area contributed by atoms with E-state index in [1.165, 1.54) is 0 Å². The lowest BCUT2D eigenvalue weighted by molar-refractivity contribution is -0.297. The van der Waals surface area contributed by atoms with Crippen molar-refractivity contribution in [2.45, 2.75) is 6.92 Å². The van der Waals surface area contributed by atoms with Crippen LogP contribution in [0.25, 0.3) is 6.08 Å². The first-order valence-corrected chi connectivity index (χ1v) is 4.78. The SMILES string of the molecule is CC(/C=C/c1ccc(Cl)cc1)=C\C(=O)[O-]. The molecule has 78 valence electrons. The summed E-state index contributed by atoms with van der Waals surface area (Å²) in [5.74, 6) is -1.19. The number of hydrogen-bond acceptors (Lipinski definition) is 2. The lowest BCUT2D eigenvalue weighted by atomic mass is 10.1. The van der Waals surface area contributed by atoms with E-state index in [1.54, 1.807) is 25.1 Å². The number of halogens is 1. The second kappa shape index (κ2) is 5.37. The molecule has 2 nitrogen and oxygen atoms in total. The van der Waals surface area contributed by atoms with Gasteiger partial charge in [-0.2, -0.15) is 0 Å². The number of carboxylic acid groups (broad SMARTS) is 1. The number of carbonyl (C=O) groups is 1. The Morgan fingerprint density at radius 2 is 1.93 bits per heavy atom. The molecule has 0 aliphatic heterocycles. The molecule has 0 unspecified atom stereocenters. The Balaban J connectivity index is 2.73. The average Bonchev–Trinajstić information content (AvgIpc) is 2.16. The molecular formula is C12H10ClO2-. The Morgan fingerprint density at radius 1 is 1.33 bits per heavy atom. The number of rotatable bonds is 3. The van der Waals surface area contributed by atoms with E-state index in [4.69, 9.17) is 11.6 Å². The third-order valence-corrected chi connectivity index (χ3v) is 2.01. The number of hydrogen-bond donors (Lipinski definition) is 0. The summed E-state index contributed by atoms with van der Waals surface area (Å²) in [5.41, 5.74) is 1.59. The first-order valence-electron chi connectivity index (χ1n) is 4.41. The van der Waals surface area contributed by atoms with Crippen molar-refractivity contribution in [1.82, 2.24) is 0 Å². The van der Waals surface area contributed by atoms with Gasteiger partial charge in [-0.3, -0.25) is 0 Å². The smallest absolute Gasteiger partial charge is 0.0645 e. The first-order chi connectivity index (χ1) is 7.08. The highest BCUT2D eigenvalue weighted by Crippen LogP contribution is 2.11. The van der Waals surface area contributed by atoms with Crippen molar-refractivity contribution in [2.75, 3.05) is 0 Å². The van der Waals surface area contributed by atoms with Crippen molar-refractivity contribution < 1.29 is 9.90 Å². The van der Waals surface area contributed by atoms with Gasteiger partial charge in [-0.1, -0.05) is 35.9 Å². The number of carboxylic acids is 1. The molecule has 0 saturated heterocycles. The molecule has 0 heterocycles. The molecule has 0 aromatic heterocycles. The number of allylic oxidation sites excluding steroid dienone is 2. The molecule has 0 spiro atoms. The summed E-state index contributed by atoms with van der Waals surface area (Å²) in [6.45, 7) is 1.70. The summed E-state index contributed by atoms with van der Waals surface area (Å²) in [6.07, 6.45) is 4.57. The van der Waals surface area contributed by atoms with Crippen molar-refractivity contribution in [2.24, 2.45) is 0 Å². The van der Waals surface area contributed by atoms with Gasteiger partial charge >= 0.3 is 0 Å². The van der Waals surface area contributed by atoms with Crippen LogP contribution >= 0.6 is 11.6 Å². The molecule has 0 N–H and O–H groups in total. The maximum Gasteiger partial charge on any atom is 0.0645 e. The van der Waals surface area contributed by atoms with Gasteiger partial charge in [0.2, 0.25) is 0 Å². The molecule has 0 saturated carbocycles. The maximum atomic E-state index is 10.2. The zero-order chi connectivity index (χ0) is 11.3. The van der Waals surface area contributed by atoms with Crippen molar-refractivity contribution in [3.8, 4) is 0 Å². The molecule has 0 aliphatic rings. The summed E-state index contributed by atoms with van der Waals surface area (Å²) < 4.78 is 0. The second-order valence-electron chi connectivity index (χ2n) is 3.09. The van der Waals surface area contributed by atoms with Gasteiger partial charge in [-0.25, -0.2) is 0 Å². The van der Waals surface area contributed by atoms with E-state index in [-0.39, 0.29) is 0 Å². The van der Waals surface area contributed by atoms with Gasteiger partial charge in [-0.05, 0) is 36.3 Å². The van der Waals surface area contributed by atoms with Gasteiger partial charge in [0, 0.05) is 5.02 Å². The molecule has 1 rings (SSSR count). The summed E-state index contributed by atoms with van der Waals surface area (Å²) in [4.78, 5) is 10.2. The standard InChI is InChI=1S/C12H11ClO2/c1-9(8-12(14)15)2-3-10-4-6-11(13)7-5-10/h2-8H,1H3,(H,14,15)/p-1/b3-2+,9-8+. The number of aliphatic carboxylic acids is 1. The molecule has 0 fully saturated rings. The normalized spacial score (nSPS) is 12.0. The van der Waals surface area contributed by atoms with Crippen LogP contribution in [0.3, 0.4) is 0 Å². The highest BCUT2D eigenvalue weighted by molar-refractivity contribution is 6.30. The monoisotopic (exact) mass is 221 g/mol. The van der Waals surface area contributed by atoms with Crippen molar-refractivity contribution in [3.63, 3.8) is 0 Å². The molecule has 1 aromatic rings. The third-order valence-electron chi connectivity index (χ3n) is 1.75. The Hall–Kier alpha value is -1.54. The van der Waals surface area contributed by atoms with Crippen molar-refractivity contribution in [3.05, 3.63) is 52.6 Å². The summed E-state index contributed by atoms with van der Waals surface area (Å²) in [7, 11) is 0. The molecule has 1 aromatic carbocycles. The third kappa shape index (κ3) is 4.47. The quantitative estimate of drug-likeness (QED) is 0.579. The van der Waals surface area contributed by atoms with Gasteiger partial charge in [0.05, 0.1) is 5.97 Å². The highest BCUT2D eigenvalue weighted by atomic mass is 35.5. The van der Waals surface area contributed by atoms with E-state index in [2.05, 4.69) is 0 Å². The highest BCUT2D eigenvalue weighted by Gasteiger charge is 1.88. The fourth-order valence-electron chi connectivity index (χ4n) is 1.04. The number of benzene rings is 1. The van der Waals surface area contributed by atoms with E-state index >= 15 is 0 Å². The van der Waals surface area contributed by atoms with Crippen LogP contribution in [0.4, 0.5) is 0 Å². The Labute approximate surface area is 93.5 Å². The van der Waals surface area contributed by atoms with Crippen LogP contribution in [0.15, 0.2) is 42.0 Å². The minimum absolute atomic E-state index is 0.630. The zero-order valence-electron chi connectivity index (χ0n) is 8.24. The topological polar surface area (TPSA) is 40.1 Å². The van der Waals surface area contributed by atoms with Gasteiger partial charge in [0.25, 0.3) is 0 Å². The molecule has 0 bridgehead atoms. The second-order valence-corrected chi connectivity index (χ2v) is 3.53. The lowest BCUT2D eigenvalue weighted by Crippen LogP contribution is -2.19. The zero-order valence-corrected chi connectivity index (χ0v) is 8.99. The van der Waals surface area contributed by atoms with Crippen LogP contribution in [0.2, 0.25) is 5.02 Å². The van der Waals surface area contributed by atoms with Crippen LogP contribution in [0, 0.1) is 0 Å². The van der Waals surface area contributed by atoms with Crippen LogP contribution in [0.1, 0.15) is 12.5 Å². The number of carbonyl (C=O) groups excluding carboxylic acids is 1. The Kier molecular flexibility index (Phi) is 4.13. The molecular weight excluding hydrogens is 212 g/mol. The Bertz CT molecular complexity index is 402. The van der Waals surface area contributed by atoms with Gasteiger partial charge in [0.1, 0.15) is 0 Å². The molecule has 0 amide bonds. The van der Waals surface area contributed by atoms with Crippen molar-refractivity contribution in [1.29, 1.82) is 0 Å². The molecule has 15 heavy (non-hydrogen) atoms. The van der Waals surface area contributed by atoms with Crippen LogP contribution in [0.5, 0.6) is 0 Å². The van der Waals surface area contributed by atoms with E-state index in [9.17, 15) is 9.90 Å². The Morgan fingerprint density at radius 3 is 2.47 bits per heavy atom. The van der Waals surface area contributed by atoms with Crippen LogP contribution < -0.4 is 5.11 Å². The van der Waals surface area contributed by atoms with Crippen LogP contribution in [-0.4, -0.2) is 5.97 Å². The largest absolute Gasteiger partial charge is 0.545 e. The van der Waals surface area contributed by atoms with Crippen molar-refractivity contribution >= 4 is 23.6 Å². The first kappa shape index (κ1) is 11.5. The molecule has 0 aliphatic carbocycles. The molecule has 0 atom stereocenters. The predicted octanol–water partition coefficient (Wildman–Crippen LogP) is 2.05. The minimum Gasteiger partial charge on any atom is -0.545 e. The van der Waals surface area contributed by atoms with Gasteiger partial charge in [-0.15, -0.1) is 0 Å². The lowest BCUT2D eigenvalue weighted by Gasteiger charge is -1.96. The maximum absolute atomic E-state index is 10.2. The minimum atomic E-state index is -1.19.